The Hall–Kier alpha value is -3.74. The first kappa shape index (κ1) is 28.4. The van der Waals surface area contributed by atoms with Crippen LogP contribution in [-0.4, -0.2) is 15.9 Å². The molecule has 0 atom stereocenters. The molecule has 2 nitrogen and oxygen atoms in total. The zero-order chi connectivity index (χ0) is 29.7. The lowest BCUT2D eigenvalue weighted by Gasteiger charge is -2.23. The molecular weight excluding hydrogens is 529 g/mol. The van der Waals surface area contributed by atoms with Crippen LogP contribution in [0.3, 0.4) is 0 Å². The van der Waals surface area contributed by atoms with E-state index < -0.39 is 0 Å². The van der Waals surface area contributed by atoms with E-state index >= 15 is 0 Å². The number of aliphatic imine (C=N–C) groups is 1. The molecule has 0 spiro atoms. The molecule has 212 valence electrons. The Morgan fingerprint density at radius 1 is 1.00 bits per heavy atom. The summed E-state index contributed by atoms with van der Waals surface area (Å²) < 4.78 is 2.48. The number of benzene rings is 2. The lowest BCUT2D eigenvalue weighted by atomic mass is 9.81. The van der Waals surface area contributed by atoms with Crippen LogP contribution in [-0.2, 0) is 6.42 Å². The van der Waals surface area contributed by atoms with Gasteiger partial charge in [-0.25, -0.2) is 4.99 Å². The van der Waals surface area contributed by atoms with Gasteiger partial charge in [0.2, 0.25) is 0 Å². The molecule has 3 heteroatoms. The first-order valence-electron chi connectivity index (χ1n) is 15.2. The maximum atomic E-state index is 5.89. The monoisotopic (exact) mass is 568 g/mol. The average molecular weight is 569 g/mol. The van der Waals surface area contributed by atoms with E-state index in [2.05, 4.69) is 106 Å². The minimum atomic E-state index is 0.925. The molecule has 0 saturated carbocycles. The number of hydrogen-bond acceptors (Lipinski definition) is 2. The third kappa shape index (κ3) is 4.40. The fourth-order valence-corrected chi connectivity index (χ4v) is 8.16. The lowest BCUT2D eigenvalue weighted by Crippen LogP contribution is -2.14. The van der Waals surface area contributed by atoms with Crippen molar-refractivity contribution in [3.63, 3.8) is 0 Å². The highest BCUT2D eigenvalue weighted by molar-refractivity contribution is 7.97. The van der Waals surface area contributed by atoms with Crippen LogP contribution >= 0.6 is 11.9 Å². The summed E-state index contributed by atoms with van der Waals surface area (Å²) in [4.78, 5) is 5.58. The number of rotatable bonds is 5. The van der Waals surface area contributed by atoms with Gasteiger partial charge in [-0.15, -0.1) is 6.42 Å². The molecule has 0 radical (unpaired) electrons. The van der Waals surface area contributed by atoms with Crippen molar-refractivity contribution in [3.8, 4) is 23.6 Å². The van der Waals surface area contributed by atoms with Crippen LogP contribution < -0.4 is 0 Å². The molecule has 2 aliphatic carbocycles. The summed E-state index contributed by atoms with van der Waals surface area (Å²) in [7, 11) is 0. The van der Waals surface area contributed by atoms with Gasteiger partial charge in [-0.3, -0.25) is 3.97 Å². The number of fused-ring (bicyclic) bond motifs is 2. The van der Waals surface area contributed by atoms with Crippen molar-refractivity contribution < 1.29 is 0 Å². The van der Waals surface area contributed by atoms with Gasteiger partial charge in [-0.05, 0) is 141 Å². The highest BCUT2D eigenvalue weighted by Gasteiger charge is 2.34. The zero-order valence-electron chi connectivity index (χ0n) is 26.0. The fraction of sp³-hybridized carbons (Fsp3) is 0.308. The minimum absolute atomic E-state index is 0.925. The molecule has 42 heavy (non-hydrogen) atoms. The van der Waals surface area contributed by atoms with Crippen molar-refractivity contribution in [1.82, 2.24) is 3.97 Å². The molecule has 1 aliphatic heterocycles. The van der Waals surface area contributed by atoms with Gasteiger partial charge in [0.25, 0.3) is 0 Å². The Morgan fingerprint density at radius 3 is 2.40 bits per heavy atom. The zero-order valence-corrected chi connectivity index (χ0v) is 26.9. The molecular formula is C39H40N2S. The van der Waals surface area contributed by atoms with Crippen molar-refractivity contribution in [1.29, 1.82) is 0 Å². The SMILES string of the molecule is C#Cc1cc(C)c(/C(=C2/N=C3C4=C(CCC=C4)CCC3=C2C)c2c(C)c(CC)c(-c3ccccc3C)n2SC)c(C)c1. The van der Waals surface area contributed by atoms with E-state index in [0.717, 1.165) is 43.4 Å². The van der Waals surface area contributed by atoms with Crippen LogP contribution in [0, 0.1) is 40.0 Å². The highest BCUT2D eigenvalue weighted by Crippen LogP contribution is 2.48. The van der Waals surface area contributed by atoms with Crippen molar-refractivity contribution in [2.75, 3.05) is 6.26 Å². The van der Waals surface area contributed by atoms with E-state index in [4.69, 9.17) is 11.4 Å². The quantitative estimate of drug-likeness (QED) is 0.280. The number of allylic oxidation sites excluding steroid dienone is 6. The summed E-state index contributed by atoms with van der Waals surface area (Å²) in [6.07, 6.45) is 18.2. The number of terminal acetylenes is 1. The van der Waals surface area contributed by atoms with E-state index in [1.165, 1.54) is 78.3 Å². The van der Waals surface area contributed by atoms with Crippen molar-refractivity contribution in [2.24, 2.45) is 4.99 Å². The predicted molar refractivity (Wildman–Crippen MR) is 182 cm³/mol. The van der Waals surface area contributed by atoms with Crippen LogP contribution in [0.25, 0.3) is 16.8 Å². The summed E-state index contributed by atoms with van der Waals surface area (Å²) in [5.74, 6) is 2.87. The van der Waals surface area contributed by atoms with Crippen LogP contribution in [0.1, 0.15) is 84.2 Å². The normalized spacial score (nSPS) is 17.3. The molecule has 0 amide bonds. The Balaban J connectivity index is 1.75. The summed E-state index contributed by atoms with van der Waals surface area (Å²) >= 11 is 1.79. The van der Waals surface area contributed by atoms with Crippen molar-refractivity contribution in [3.05, 3.63) is 121 Å². The van der Waals surface area contributed by atoms with Gasteiger partial charge in [0.15, 0.2) is 0 Å². The molecule has 0 bridgehead atoms. The second-order valence-electron chi connectivity index (χ2n) is 11.8. The van der Waals surface area contributed by atoms with Crippen LogP contribution in [0.2, 0.25) is 0 Å². The first-order chi connectivity index (χ1) is 20.3. The Bertz CT molecular complexity index is 1820. The molecule has 0 saturated heterocycles. The van der Waals surface area contributed by atoms with Gasteiger partial charge in [0.05, 0.1) is 22.8 Å². The first-order valence-corrected chi connectivity index (χ1v) is 16.3. The molecule has 0 N–H and O–H groups in total. The van der Waals surface area contributed by atoms with Gasteiger partial charge in [0, 0.05) is 23.0 Å². The maximum Gasteiger partial charge on any atom is 0.0769 e. The van der Waals surface area contributed by atoms with Crippen molar-refractivity contribution in [2.45, 2.75) is 73.6 Å². The van der Waals surface area contributed by atoms with Crippen LogP contribution in [0.15, 0.2) is 81.5 Å². The number of aromatic nitrogens is 1. The van der Waals surface area contributed by atoms with Gasteiger partial charge in [-0.2, -0.15) is 0 Å². The Morgan fingerprint density at radius 2 is 1.74 bits per heavy atom. The number of nitrogens with zero attached hydrogens (tertiary/aromatic N) is 2. The molecule has 1 aromatic heterocycles. The predicted octanol–water partition coefficient (Wildman–Crippen LogP) is 10.0. The molecule has 3 aromatic rings. The topological polar surface area (TPSA) is 17.3 Å². The van der Waals surface area contributed by atoms with Gasteiger partial charge in [-0.1, -0.05) is 54.8 Å². The average Bonchev–Trinajstić information content (AvgIpc) is 3.48. The number of hydrogen-bond donors (Lipinski definition) is 0. The second kappa shape index (κ2) is 11.2. The summed E-state index contributed by atoms with van der Waals surface area (Å²) in [6, 6.07) is 13.1. The molecule has 6 rings (SSSR count). The molecule has 2 aromatic carbocycles. The van der Waals surface area contributed by atoms with Gasteiger partial charge in [0.1, 0.15) is 0 Å². The molecule has 3 aliphatic rings. The summed E-state index contributed by atoms with van der Waals surface area (Å²) in [5, 5.41) is 0. The second-order valence-corrected chi connectivity index (χ2v) is 12.6. The lowest BCUT2D eigenvalue weighted by molar-refractivity contribution is 0.823. The standard InChI is InChI=1S/C39H40N2S/c1-9-28-21-24(4)34(25(5)22-28)35(36-26(6)32-20-19-29-16-12-14-18-33(29)37(32)40-36)38-27(7)30(10-2)39(41(38)42-8)31-17-13-11-15-23(31)3/h1,11,13-15,17-18,21-22H,10,12,16,19-20H2,2-8H3/b36-35-. The minimum Gasteiger partial charge on any atom is -0.283 e. The van der Waals surface area contributed by atoms with Gasteiger partial charge >= 0.3 is 0 Å². The van der Waals surface area contributed by atoms with Crippen molar-refractivity contribution >= 4 is 23.2 Å². The van der Waals surface area contributed by atoms with Gasteiger partial charge < -0.3 is 0 Å². The Kier molecular flexibility index (Phi) is 7.54. The molecule has 0 fully saturated rings. The highest BCUT2D eigenvalue weighted by atomic mass is 32.2. The number of aryl methyl sites for hydroxylation is 3. The van der Waals surface area contributed by atoms with E-state index in [1.54, 1.807) is 17.5 Å². The van der Waals surface area contributed by atoms with E-state index in [1.807, 2.05) is 0 Å². The summed E-state index contributed by atoms with van der Waals surface area (Å²) in [5.41, 5.74) is 21.6. The third-order valence-electron chi connectivity index (χ3n) is 9.39. The van der Waals surface area contributed by atoms with E-state index in [9.17, 15) is 0 Å². The third-order valence-corrected chi connectivity index (χ3v) is 10.1. The van der Waals surface area contributed by atoms with Crippen LogP contribution in [0.5, 0.6) is 0 Å². The van der Waals surface area contributed by atoms with E-state index in [-0.39, 0.29) is 0 Å². The van der Waals surface area contributed by atoms with Crippen LogP contribution in [0.4, 0.5) is 0 Å². The smallest absolute Gasteiger partial charge is 0.0769 e. The Labute approximate surface area is 256 Å². The summed E-state index contributed by atoms with van der Waals surface area (Å²) in [6.45, 7) is 13.5. The van der Waals surface area contributed by atoms with E-state index in [0.29, 0.717) is 0 Å². The fourth-order valence-electron chi connectivity index (χ4n) is 7.36. The molecule has 0 unspecified atom stereocenters. The maximum absolute atomic E-state index is 5.89. The largest absolute Gasteiger partial charge is 0.283 e. The molecule has 2 heterocycles.